The highest BCUT2D eigenvalue weighted by Crippen LogP contribution is 2.25. The second-order valence-electron chi connectivity index (χ2n) is 7.07. The Balaban J connectivity index is 1.49. The van der Waals surface area contributed by atoms with Crippen molar-refractivity contribution >= 4 is 5.91 Å². The molecule has 1 amide bonds. The number of nitrogens with zero attached hydrogens (tertiary/aromatic N) is 3. The van der Waals surface area contributed by atoms with Gasteiger partial charge in [0.05, 0.1) is 24.1 Å². The fraction of sp³-hybridized carbons (Fsp3) is 0.350. The third kappa shape index (κ3) is 3.50. The van der Waals surface area contributed by atoms with Crippen molar-refractivity contribution in [3.8, 4) is 5.69 Å². The van der Waals surface area contributed by atoms with Crippen LogP contribution in [0.3, 0.4) is 0 Å². The summed E-state index contributed by atoms with van der Waals surface area (Å²) in [4.78, 5) is 25.1. The van der Waals surface area contributed by atoms with Crippen molar-refractivity contribution in [2.45, 2.75) is 25.3 Å². The summed E-state index contributed by atoms with van der Waals surface area (Å²) in [5.41, 5.74) is 2.82. The number of amides is 1. The molecule has 0 spiro atoms. The number of carbonyl (C=O) groups is 1. The van der Waals surface area contributed by atoms with Crippen molar-refractivity contribution < 1.29 is 4.79 Å². The van der Waals surface area contributed by atoms with Crippen LogP contribution in [0.2, 0.25) is 0 Å². The number of aromatic nitrogens is 4. The minimum Gasteiger partial charge on any atom is -0.345 e. The van der Waals surface area contributed by atoms with Crippen LogP contribution in [0.1, 0.15) is 40.5 Å². The Hall–Kier alpha value is -3.13. The standard InChI is InChI=1S/C20H24N6O2/c1-25-16(10-18(27)26(25)15-7-3-2-4-8-15)12-22-20(28)19-17(13-23-24-19)14-6-5-9-21-11-14/h2-4,7-8,10,13-14,21H,5-6,9,11-12H2,1H3,(H,22,28)(H,23,24). The van der Waals surface area contributed by atoms with E-state index >= 15 is 0 Å². The van der Waals surface area contributed by atoms with Crippen molar-refractivity contribution in [3.63, 3.8) is 0 Å². The highest BCUT2D eigenvalue weighted by Gasteiger charge is 2.23. The van der Waals surface area contributed by atoms with Gasteiger partial charge in [0.25, 0.3) is 11.5 Å². The highest BCUT2D eigenvalue weighted by atomic mass is 16.2. The quantitative estimate of drug-likeness (QED) is 0.622. The fourth-order valence-corrected chi connectivity index (χ4v) is 3.77. The zero-order valence-corrected chi connectivity index (χ0v) is 15.8. The van der Waals surface area contributed by atoms with Crippen LogP contribution in [0.15, 0.2) is 47.4 Å². The normalized spacial score (nSPS) is 16.8. The molecule has 3 N–H and O–H groups in total. The van der Waals surface area contributed by atoms with Gasteiger partial charge in [-0.15, -0.1) is 0 Å². The van der Waals surface area contributed by atoms with Crippen LogP contribution in [0, 0.1) is 0 Å². The summed E-state index contributed by atoms with van der Waals surface area (Å²) in [6.07, 6.45) is 3.88. The number of benzene rings is 1. The van der Waals surface area contributed by atoms with E-state index in [0.29, 0.717) is 5.69 Å². The van der Waals surface area contributed by atoms with Crippen LogP contribution < -0.4 is 16.2 Å². The summed E-state index contributed by atoms with van der Waals surface area (Å²) < 4.78 is 3.34. The summed E-state index contributed by atoms with van der Waals surface area (Å²) >= 11 is 0. The molecule has 1 aliphatic rings. The third-order valence-corrected chi connectivity index (χ3v) is 5.28. The maximum absolute atomic E-state index is 12.7. The van der Waals surface area contributed by atoms with Gasteiger partial charge < -0.3 is 10.6 Å². The van der Waals surface area contributed by atoms with E-state index in [0.717, 1.165) is 42.9 Å². The third-order valence-electron chi connectivity index (χ3n) is 5.28. The van der Waals surface area contributed by atoms with Crippen LogP contribution in [0.4, 0.5) is 0 Å². The number of hydrogen-bond donors (Lipinski definition) is 3. The molecule has 146 valence electrons. The first kappa shape index (κ1) is 18.2. The van der Waals surface area contributed by atoms with E-state index in [1.165, 1.54) is 0 Å². The van der Waals surface area contributed by atoms with Crippen LogP contribution in [-0.2, 0) is 13.6 Å². The smallest absolute Gasteiger partial charge is 0.271 e. The van der Waals surface area contributed by atoms with Crippen molar-refractivity contribution in [1.82, 2.24) is 30.2 Å². The fourth-order valence-electron chi connectivity index (χ4n) is 3.77. The Kier molecular flexibility index (Phi) is 5.12. The summed E-state index contributed by atoms with van der Waals surface area (Å²) in [5.74, 6) is 0.0785. The molecule has 1 aliphatic heterocycles. The molecule has 0 aliphatic carbocycles. The lowest BCUT2D eigenvalue weighted by molar-refractivity contribution is 0.0943. The van der Waals surface area contributed by atoms with Gasteiger partial charge in [0, 0.05) is 31.1 Å². The largest absolute Gasteiger partial charge is 0.345 e. The topological polar surface area (TPSA) is 96.7 Å². The van der Waals surface area contributed by atoms with Gasteiger partial charge in [-0.3, -0.25) is 19.4 Å². The van der Waals surface area contributed by atoms with Crippen LogP contribution >= 0.6 is 0 Å². The molecule has 3 aromatic rings. The predicted octanol–water partition coefficient (Wildman–Crippen LogP) is 1.30. The van der Waals surface area contributed by atoms with E-state index in [1.54, 1.807) is 21.6 Å². The van der Waals surface area contributed by atoms with Crippen molar-refractivity contribution in [2.75, 3.05) is 13.1 Å². The zero-order valence-electron chi connectivity index (χ0n) is 15.8. The van der Waals surface area contributed by atoms with E-state index in [4.69, 9.17) is 0 Å². The Morgan fingerprint density at radius 1 is 1.32 bits per heavy atom. The molecule has 8 nitrogen and oxygen atoms in total. The zero-order chi connectivity index (χ0) is 19.5. The van der Waals surface area contributed by atoms with Crippen molar-refractivity contribution in [1.29, 1.82) is 0 Å². The first-order valence-corrected chi connectivity index (χ1v) is 9.50. The second-order valence-corrected chi connectivity index (χ2v) is 7.07. The molecule has 1 aromatic carbocycles. The Morgan fingerprint density at radius 3 is 2.89 bits per heavy atom. The molecule has 0 radical (unpaired) electrons. The molecule has 28 heavy (non-hydrogen) atoms. The number of carbonyl (C=O) groups excluding carboxylic acids is 1. The lowest BCUT2D eigenvalue weighted by atomic mass is 9.92. The number of rotatable bonds is 5. The lowest BCUT2D eigenvalue weighted by Gasteiger charge is -2.22. The monoisotopic (exact) mass is 380 g/mol. The lowest BCUT2D eigenvalue weighted by Crippen LogP contribution is -2.31. The second kappa shape index (κ2) is 7.85. The molecule has 1 unspecified atom stereocenters. The molecule has 3 heterocycles. The molecular weight excluding hydrogens is 356 g/mol. The minimum absolute atomic E-state index is 0.131. The van der Waals surface area contributed by atoms with Gasteiger partial charge in [-0.25, -0.2) is 4.68 Å². The maximum Gasteiger partial charge on any atom is 0.271 e. The van der Waals surface area contributed by atoms with Gasteiger partial charge in [-0.2, -0.15) is 5.10 Å². The maximum atomic E-state index is 12.7. The Morgan fingerprint density at radius 2 is 2.14 bits per heavy atom. The number of H-pyrrole nitrogens is 1. The van der Waals surface area contributed by atoms with Gasteiger partial charge in [0.2, 0.25) is 0 Å². The summed E-state index contributed by atoms with van der Waals surface area (Å²) in [6.45, 7) is 2.13. The SMILES string of the molecule is Cn1c(CNC(=O)c2[nH]ncc2C2CCCNC2)cc(=O)n1-c1ccccc1. The molecule has 0 bridgehead atoms. The Bertz CT molecular complexity index is 1010. The van der Waals surface area contributed by atoms with E-state index in [1.807, 2.05) is 37.4 Å². The first-order chi connectivity index (χ1) is 13.6. The highest BCUT2D eigenvalue weighted by molar-refractivity contribution is 5.93. The van der Waals surface area contributed by atoms with E-state index < -0.39 is 0 Å². The van der Waals surface area contributed by atoms with Crippen molar-refractivity contribution in [2.24, 2.45) is 7.05 Å². The molecule has 0 saturated carbocycles. The van der Waals surface area contributed by atoms with Gasteiger partial charge in [-0.1, -0.05) is 18.2 Å². The van der Waals surface area contributed by atoms with Gasteiger partial charge in [0.1, 0.15) is 5.69 Å². The molecular formula is C20H24N6O2. The van der Waals surface area contributed by atoms with Gasteiger partial charge in [-0.05, 0) is 31.5 Å². The molecule has 2 aromatic heterocycles. The molecule has 4 rings (SSSR count). The van der Waals surface area contributed by atoms with Crippen LogP contribution in [-0.4, -0.2) is 38.6 Å². The summed E-state index contributed by atoms with van der Waals surface area (Å²) in [6, 6.07) is 11.0. The molecule has 1 atom stereocenters. The van der Waals surface area contributed by atoms with E-state index in [2.05, 4.69) is 20.8 Å². The van der Waals surface area contributed by atoms with E-state index in [-0.39, 0.29) is 23.9 Å². The van der Waals surface area contributed by atoms with Crippen LogP contribution in [0.25, 0.3) is 5.69 Å². The van der Waals surface area contributed by atoms with Gasteiger partial charge >= 0.3 is 0 Å². The first-order valence-electron chi connectivity index (χ1n) is 9.50. The van der Waals surface area contributed by atoms with E-state index in [9.17, 15) is 9.59 Å². The minimum atomic E-state index is -0.210. The van der Waals surface area contributed by atoms with Gasteiger partial charge in [0.15, 0.2) is 0 Å². The number of aromatic amines is 1. The molecule has 8 heteroatoms. The number of nitrogens with one attached hydrogen (secondary N) is 3. The van der Waals surface area contributed by atoms with Crippen LogP contribution in [0.5, 0.6) is 0 Å². The predicted molar refractivity (Wildman–Crippen MR) is 106 cm³/mol. The number of piperidine rings is 1. The Labute approximate surface area is 162 Å². The number of hydrogen-bond acceptors (Lipinski definition) is 4. The molecule has 1 fully saturated rings. The summed E-state index contributed by atoms with van der Waals surface area (Å²) in [7, 11) is 1.81. The molecule has 1 saturated heterocycles. The number of para-hydroxylation sites is 1. The average Bonchev–Trinajstić information content (AvgIpc) is 3.32. The average molecular weight is 380 g/mol. The van der Waals surface area contributed by atoms with Crippen molar-refractivity contribution in [3.05, 3.63) is 69.9 Å². The summed E-state index contributed by atoms with van der Waals surface area (Å²) in [5, 5.41) is 13.2.